The monoisotopic (exact) mass is 692 g/mol. The van der Waals surface area contributed by atoms with Crippen molar-refractivity contribution in [2.75, 3.05) is 24.7 Å². The van der Waals surface area contributed by atoms with Gasteiger partial charge in [-0.15, -0.1) is 0 Å². The highest BCUT2D eigenvalue weighted by Gasteiger charge is 2.54. The van der Waals surface area contributed by atoms with E-state index in [4.69, 9.17) is 39.0 Å². The van der Waals surface area contributed by atoms with E-state index in [2.05, 4.69) is 54.4 Å². The average Bonchev–Trinajstić information content (AvgIpc) is 3.73. The fourth-order valence-corrected chi connectivity index (χ4v) is 8.18. The van der Waals surface area contributed by atoms with Crippen molar-refractivity contribution in [2.24, 2.45) is 0 Å². The molecule has 4 aromatic rings. The molecule has 4 aromatic heterocycles. The predicted octanol–water partition coefficient (Wildman–Crippen LogP) is 1.22. The van der Waals surface area contributed by atoms with Crippen molar-refractivity contribution in [1.29, 1.82) is 0 Å². The smallest absolute Gasteiger partial charge is 0.386 e. The van der Waals surface area contributed by atoms with Crippen LogP contribution < -0.4 is 11.5 Å². The van der Waals surface area contributed by atoms with Gasteiger partial charge in [0.05, 0.1) is 25.9 Å². The summed E-state index contributed by atoms with van der Waals surface area (Å²) in [5.41, 5.74) is 12.5. The normalized spacial score (nSPS) is 38.3. The van der Waals surface area contributed by atoms with Crippen molar-refractivity contribution in [3.05, 3.63) is 25.3 Å². The van der Waals surface area contributed by atoms with Crippen molar-refractivity contribution in [3.63, 3.8) is 0 Å². The molecule has 3 saturated heterocycles. The summed E-state index contributed by atoms with van der Waals surface area (Å²) in [6.07, 6.45) is -6.81. The van der Waals surface area contributed by atoms with Crippen LogP contribution in [0.1, 0.15) is 12.5 Å². The van der Waals surface area contributed by atoms with Crippen LogP contribution in [0.2, 0.25) is 0 Å². The van der Waals surface area contributed by atoms with Crippen LogP contribution in [0.3, 0.4) is 0 Å². The summed E-state index contributed by atoms with van der Waals surface area (Å²) >= 11 is 8.07. The number of imidazole rings is 2. The summed E-state index contributed by atoms with van der Waals surface area (Å²) in [6, 6.07) is 0. The molecule has 5 N–H and O–H groups in total. The van der Waals surface area contributed by atoms with Crippen LogP contribution in [0.15, 0.2) is 25.3 Å². The van der Waals surface area contributed by atoms with E-state index in [-0.39, 0.29) is 34.0 Å². The number of hydrogen-bond donors (Lipinski definition) is 5. The standard InChI is InChI=1S/C20H23FN10O9P2S2/c21-9-13-7(37-19(9)30-5-28-10-15(22)24-3-26-17(10)30)1-35-42(34,44)40-14-8(2-36-41(33,43)39-13)38-20(12(14)32)31-6-29-11-16(23)25-4-27-18(11)31/h3-9,12-14,19-20,32H,1-2H2,(H,33,43)(H,34,44)(H2,22,24,26)(H2,23,25,27)/t7-,8-,9-,12-,13-,14-,19-,20-,41-,42?/m1/s1. The van der Waals surface area contributed by atoms with Crippen LogP contribution in [0.25, 0.3) is 22.3 Å². The maximum atomic E-state index is 16.0. The number of halogens is 1. The molecule has 0 saturated carbocycles. The summed E-state index contributed by atoms with van der Waals surface area (Å²) in [4.78, 5) is 24.2. The molecule has 7 heterocycles. The van der Waals surface area contributed by atoms with E-state index in [1.807, 2.05) is 0 Å². The third kappa shape index (κ3) is 5.26. The average molecular weight is 693 g/mol. The van der Waals surface area contributed by atoms with Gasteiger partial charge in [-0.3, -0.25) is 27.2 Å². The Labute approximate surface area is 256 Å². The number of nitrogen functional groups attached to an aromatic ring is 2. The van der Waals surface area contributed by atoms with Gasteiger partial charge in [0.2, 0.25) is 0 Å². The fraction of sp³-hybridized carbons (Fsp3) is 0.500. The fourth-order valence-electron chi connectivity index (χ4n) is 5.21. The zero-order chi connectivity index (χ0) is 31.0. The van der Waals surface area contributed by atoms with Crippen molar-refractivity contribution >= 4 is 72.1 Å². The number of aliphatic hydroxyl groups is 1. The maximum absolute atomic E-state index is 16.0. The predicted molar refractivity (Wildman–Crippen MR) is 153 cm³/mol. The largest absolute Gasteiger partial charge is 0.386 e. The molecule has 0 radical (unpaired) electrons. The molecule has 0 aliphatic carbocycles. The number of aliphatic hydroxyl groups excluding tert-OH is 1. The molecule has 7 rings (SSSR count). The molecule has 10 atom stereocenters. The number of thiol groups is 2. The molecule has 19 nitrogen and oxygen atoms in total. The van der Waals surface area contributed by atoms with Gasteiger partial charge in [-0.1, -0.05) is 24.5 Å². The Bertz CT molecular complexity index is 1710. The summed E-state index contributed by atoms with van der Waals surface area (Å²) < 4.78 is 79.2. The Kier molecular flexibility index (Phi) is 7.61. The lowest BCUT2D eigenvalue weighted by Crippen LogP contribution is -2.37. The number of nitrogens with zero attached hydrogens (tertiary/aromatic N) is 8. The molecule has 236 valence electrons. The van der Waals surface area contributed by atoms with Crippen molar-refractivity contribution in [1.82, 2.24) is 39.0 Å². The number of nitrogens with two attached hydrogens (primary N) is 2. The van der Waals surface area contributed by atoms with Gasteiger partial charge in [0.1, 0.15) is 54.2 Å². The third-order valence-electron chi connectivity index (χ3n) is 7.21. The highest BCUT2D eigenvalue weighted by atomic mass is 32.7. The minimum atomic E-state index is -4.34. The first-order valence-corrected chi connectivity index (χ1v) is 18.1. The number of aromatic nitrogens is 8. The van der Waals surface area contributed by atoms with Crippen LogP contribution in [0.4, 0.5) is 16.0 Å². The molecule has 0 bridgehead atoms. The molecule has 24 heteroatoms. The molecule has 0 aromatic carbocycles. The van der Waals surface area contributed by atoms with Gasteiger partial charge >= 0.3 is 13.6 Å². The summed E-state index contributed by atoms with van der Waals surface area (Å²) in [6.45, 7) is -9.83. The van der Waals surface area contributed by atoms with E-state index >= 15 is 4.39 Å². The SMILES string of the molecule is Nc1ncnc2c1ncn2[C@@H]1O[C@@H]2CO[P@@](=O)(S)O[C@H]3[C@@H](F)[C@H](n4cnc5c(N)ncnc54)O[C@@H]3COP(=O)(S)O[C@H]2[C@H]1O. The van der Waals surface area contributed by atoms with Gasteiger partial charge in [-0.25, -0.2) is 43.4 Å². The Morgan fingerprint density at radius 3 is 1.84 bits per heavy atom. The van der Waals surface area contributed by atoms with Crippen LogP contribution in [0.5, 0.6) is 0 Å². The first-order chi connectivity index (χ1) is 20.9. The number of alkyl halides is 1. The molecule has 44 heavy (non-hydrogen) atoms. The molecule has 1 unspecified atom stereocenters. The van der Waals surface area contributed by atoms with E-state index in [9.17, 15) is 14.2 Å². The zero-order valence-electron chi connectivity index (χ0n) is 22.0. The lowest BCUT2D eigenvalue weighted by Gasteiger charge is -2.28. The Morgan fingerprint density at radius 2 is 1.27 bits per heavy atom. The first-order valence-electron chi connectivity index (χ1n) is 12.7. The second-order valence-corrected chi connectivity index (χ2v) is 15.7. The van der Waals surface area contributed by atoms with E-state index in [0.29, 0.717) is 0 Å². The zero-order valence-corrected chi connectivity index (χ0v) is 25.5. The topological polar surface area (TPSA) is 249 Å². The Morgan fingerprint density at radius 1 is 0.795 bits per heavy atom. The highest BCUT2D eigenvalue weighted by Crippen LogP contribution is 2.60. The number of ether oxygens (including phenoxy) is 2. The summed E-state index contributed by atoms with van der Waals surface area (Å²) in [7, 11) is 0. The van der Waals surface area contributed by atoms with Gasteiger partial charge in [0, 0.05) is 0 Å². The number of rotatable bonds is 2. The van der Waals surface area contributed by atoms with Crippen LogP contribution in [-0.2, 0) is 36.7 Å². The lowest BCUT2D eigenvalue weighted by molar-refractivity contribution is -0.0555. The highest BCUT2D eigenvalue weighted by molar-refractivity contribution is 8.44. The summed E-state index contributed by atoms with van der Waals surface area (Å²) in [5.74, 6) is 0.152. The second kappa shape index (κ2) is 11.1. The summed E-state index contributed by atoms with van der Waals surface area (Å²) in [5, 5.41) is 11.2. The van der Waals surface area contributed by atoms with Crippen LogP contribution in [-0.4, -0.2) is 94.0 Å². The third-order valence-corrected chi connectivity index (χ3v) is 10.4. The molecule has 3 aliphatic heterocycles. The number of hydrogen-bond acceptors (Lipinski definition) is 17. The second-order valence-electron chi connectivity index (χ2n) is 9.90. The van der Waals surface area contributed by atoms with Crippen molar-refractivity contribution < 1.29 is 46.2 Å². The lowest BCUT2D eigenvalue weighted by atomic mass is 10.1. The minimum Gasteiger partial charge on any atom is -0.386 e. The van der Waals surface area contributed by atoms with Gasteiger partial charge in [-0.2, -0.15) is 0 Å². The number of anilines is 2. The Balaban J connectivity index is 1.17. The van der Waals surface area contributed by atoms with Gasteiger partial charge < -0.3 is 26.0 Å². The Hall–Kier alpha value is -2.49. The first kappa shape index (κ1) is 30.2. The van der Waals surface area contributed by atoms with Gasteiger partial charge in [0.15, 0.2) is 41.6 Å². The molecular formula is C20H23FN10O9P2S2. The molecule has 0 amide bonds. The molecule has 3 fully saturated rings. The molecule has 0 spiro atoms. The minimum absolute atomic E-state index is 0.0606. The van der Waals surface area contributed by atoms with E-state index in [0.717, 1.165) is 0 Å². The quantitative estimate of drug-likeness (QED) is 0.146. The van der Waals surface area contributed by atoms with Gasteiger partial charge in [0.25, 0.3) is 0 Å². The van der Waals surface area contributed by atoms with E-state index in [1.165, 1.54) is 34.4 Å². The van der Waals surface area contributed by atoms with E-state index in [1.54, 1.807) is 0 Å². The van der Waals surface area contributed by atoms with E-state index < -0.39 is 76.0 Å². The van der Waals surface area contributed by atoms with Crippen molar-refractivity contribution in [2.45, 2.75) is 49.1 Å². The number of fused-ring (bicyclic) bond motifs is 4. The molecular weight excluding hydrogens is 669 g/mol. The van der Waals surface area contributed by atoms with Crippen molar-refractivity contribution in [3.8, 4) is 0 Å². The maximum Gasteiger partial charge on any atom is 0.386 e. The van der Waals surface area contributed by atoms with Gasteiger partial charge in [-0.05, 0) is 0 Å². The molecule has 3 aliphatic rings. The van der Waals surface area contributed by atoms with Crippen LogP contribution in [0, 0.1) is 0 Å². The van der Waals surface area contributed by atoms with Crippen LogP contribution >= 0.6 is 38.1 Å².